The first-order valence-corrected chi connectivity index (χ1v) is 12.5. The second kappa shape index (κ2) is 7.15. The van der Waals surface area contributed by atoms with Gasteiger partial charge in [-0.05, 0) is 66.9 Å². The van der Waals surface area contributed by atoms with Crippen LogP contribution < -0.4 is 5.63 Å². The van der Waals surface area contributed by atoms with Gasteiger partial charge >= 0.3 is 11.6 Å². The zero-order chi connectivity index (χ0) is 24.2. The van der Waals surface area contributed by atoms with Crippen LogP contribution in [-0.2, 0) is 14.3 Å². The minimum atomic E-state index is -0.772. The van der Waals surface area contributed by atoms with Gasteiger partial charge in [0, 0.05) is 24.3 Å². The minimum absolute atomic E-state index is 0.0206. The van der Waals surface area contributed by atoms with Gasteiger partial charge in [-0.1, -0.05) is 13.8 Å². The van der Waals surface area contributed by atoms with E-state index in [1.165, 1.54) is 19.3 Å². The van der Waals surface area contributed by atoms with Crippen molar-refractivity contribution in [1.82, 2.24) is 0 Å². The molecule has 8 nitrogen and oxygen atoms in total. The highest BCUT2D eigenvalue weighted by Gasteiger charge is 2.87. The molecule has 4 aliphatic carbocycles. The molecule has 1 spiro atoms. The Morgan fingerprint density at radius 1 is 1.06 bits per heavy atom. The zero-order valence-electron chi connectivity index (χ0n) is 19.8. The van der Waals surface area contributed by atoms with Gasteiger partial charge in [-0.25, -0.2) is 4.79 Å². The maximum absolute atomic E-state index is 12.1. The molecule has 8 heteroatoms. The molecule has 186 valence electrons. The van der Waals surface area contributed by atoms with Gasteiger partial charge in [0.2, 0.25) is 0 Å². The third-order valence-electron chi connectivity index (χ3n) is 10.7. The normalized spacial score (nSPS) is 53.2. The highest BCUT2D eigenvalue weighted by Crippen LogP contribution is 2.78. The third-order valence-corrected chi connectivity index (χ3v) is 10.7. The van der Waals surface area contributed by atoms with Crippen LogP contribution in [-0.4, -0.2) is 57.4 Å². The molecule has 0 bridgehead atoms. The number of fused-ring (bicyclic) bond motifs is 3. The van der Waals surface area contributed by atoms with Gasteiger partial charge < -0.3 is 29.2 Å². The molecular weight excluding hydrogens is 440 g/mol. The standard InChI is InChI=1S/C26H34O8/c1-12(27)33-22-21(13-4-7-20(31)32-11-13)25(3)19(30)10-17-16(26(25)23(22)34-26)6-5-14-8-15(28)9-18(29)24(14,17)2/h4,7,11,14-19,21-23,28-30H,5-6,8-10H2,1-3H3/t14-,15-,16-,17+,18-,19-,21+,22-,23-,24+,25-,26-/m1/s1. The summed E-state index contributed by atoms with van der Waals surface area (Å²) in [5, 5.41) is 33.3. The largest absolute Gasteiger partial charge is 0.459 e. The van der Waals surface area contributed by atoms with Gasteiger partial charge in [0.15, 0.2) is 0 Å². The molecule has 1 aromatic heterocycles. The number of aliphatic hydroxyl groups is 3. The lowest BCUT2D eigenvalue weighted by Crippen LogP contribution is -2.65. The Balaban J connectivity index is 1.45. The van der Waals surface area contributed by atoms with Crippen molar-refractivity contribution < 1.29 is 34.0 Å². The Morgan fingerprint density at radius 3 is 2.50 bits per heavy atom. The fourth-order valence-corrected chi connectivity index (χ4v) is 9.12. The summed E-state index contributed by atoms with van der Waals surface area (Å²) in [6.07, 6.45) is 1.78. The summed E-state index contributed by atoms with van der Waals surface area (Å²) in [6.45, 7) is 5.51. The van der Waals surface area contributed by atoms with E-state index in [4.69, 9.17) is 13.9 Å². The Labute approximate surface area is 198 Å². The van der Waals surface area contributed by atoms with E-state index >= 15 is 0 Å². The predicted molar refractivity (Wildman–Crippen MR) is 119 cm³/mol. The first-order valence-electron chi connectivity index (χ1n) is 12.5. The molecule has 0 unspecified atom stereocenters. The van der Waals surface area contributed by atoms with E-state index in [0.717, 1.165) is 12.8 Å². The fraction of sp³-hybridized carbons (Fsp3) is 0.769. The van der Waals surface area contributed by atoms with Gasteiger partial charge in [-0.3, -0.25) is 4.79 Å². The van der Waals surface area contributed by atoms with E-state index in [0.29, 0.717) is 24.8 Å². The lowest BCUT2D eigenvalue weighted by atomic mass is 9.42. The third kappa shape index (κ3) is 2.63. The number of ether oxygens (including phenoxy) is 2. The molecule has 5 aliphatic rings. The molecule has 3 N–H and O–H groups in total. The summed E-state index contributed by atoms with van der Waals surface area (Å²) < 4.78 is 17.5. The molecule has 1 aliphatic heterocycles. The van der Waals surface area contributed by atoms with Crippen molar-refractivity contribution in [3.05, 3.63) is 34.4 Å². The summed E-state index contributed by atoms with van der Waals surface area (Å²) in [6, 6.07) is 3.05. The molecule has 6 rings (SSSR count). The first-order chi connectivity index (χ1) is 16.0. The number of hydrogen-bond donors (Lipinski definition) is 3. The van der Waals surface area contributed by atoms with E-state index in [2.05, 4.69) is 6.92 Å². The van der Waals surface area contributed by atoms with Crippen LogP contribution in [0.15, 0.2) is 27.6 Å². The molecule has 0 aromatic carbocycles. The topological polar surface area (TPSA) is 130 Å². The average Bonchev–Trinajstić information content (AvgIpc) is 3.47. The number of hydrogen-bond acceptors (Lipinski definition) is 8. The van der Waals surface area contributed by atoms with E-state index in [-0.39, 0.29) is 29.8 Å². The zero-order valence-corrected chi connectivity index (χ0v) is 19.8. The molecule has 4 saturated carbocycles. The minimum Gasteiger partial charge on any atom is -0.459 e. The van der Waals surface area contributed by atoms with Gasteiger partial charge in [-0.2, -0.15) is 0 Å². The maximum atomic E-state index is 12.1. The van der Waals surface area contributed by atoms with Gasteiger partial charge in [0.25, 0.3) is 0 Å². The Kier molecular flexibility index (Phi) is 4.78. The summed E-state index contributed by atoms with van der Waals surface area (Å²) in [5.41, 5.74) is -1.64. The monoisotopic (exact) mass is 474 g/mol. The maximum Gasteiger partial charge on any atom is 0.335 e. The number of carbonyl (C=O) groups is 1. The van der Waals surface area contributed by atoms with Gasteiger partial charge in [0.05, 0.1) is 24.6 Å². The second-order valence-electron chi connectivity index (χ2n) is 11.8. The average molecular weight is 475 g/mol. The lowest BCUT2D eigenvalue weighted by molar-refractivity contribution is -0.216. The number of esters is 1. The van der Waals surface area contributed by atoms with E-state index in [1.54, 1.807) is 6.07 Å². The quantitative estimate of drug-likeness (QED) is 0.437. The van der Waals surface area contributed by atoms with Crippen molar-refractivity contribution >= 4 is 5.97 Å². The molecule has 34 heavy (non-hydrogen) atoms. The van der Waals surface area contributed by atoms with Crippen LogP contribution in [0.4, 0.5) is 0 Å². The number of aliphatic hydroxyl groups excluding tert-OH is 3. The Morgan fingerprint density at radius 2 is 1.82 bits per heavy atom. The van der Waals surface area contributed by atoms with Gasteiger partial charge in [0.1, 0.15) is 17.8 Å². The van der Waals surface area contributed by atoms with E-state index < -0.39 is 52.4 Å². The summed E-state index contributed by atoms with van der Waals surface area (Å²) in [7, 11) is 0. The number of epoxide rings is 1. The first kappa shape index (κ1) is 22.7. The Hall–Kier alpha value is -1.74. The molecule has 0 amide bonds. The van der Waals surface area contributed by atoms with Crippen LogP contribution in [0, 0.1) is 28.6 Å². The summed E-state index contributed by atoms with van der Waals surface area (Å²) in [5.74, 6) is -0.525. The van der Waals surface area contributed by atoms with Crippen molar-refractivity contribution in [1.29, 1.82) is 0 Å². The highest BCUT2D eigenvalue weighted by atomic mass is 16.7. The Bertz CT molecular complexity index is 1050. The fourth-order valence-electron chi connectivity index (χ4n) is 9.12. The summed E-state index contributed by atoms with van der Waals surface area (Å²) >= 11 is 0. The SMILES string of the molecule is CC(=O)O[C@H]1[C@H]2O[C@]23[C@@H]2CC[C@@H]4C[C@@H](O)C[C@@H](O)[C@]4(C)[C@H]2C[C@@H](O)[C@]3(C)[C@H]1c1ccc(=O)oc1. The van der Waals surface area contributed by atoms with Crippen molar-refractivity contribution in [3.8, 4) is 0 Å². The van der Waals surface area contributed by atoms with Gasteiger partial charge in [-0.15, -0.1) is 0 Å². The summed E-state index contributed by atoms with van der Waals surface area (Å²) in [4.78, 5) is 23.7. The second-order valence-corrected chi connectivity index (χ2v) is 11.8. The van der Waals surface area contributed by atoms with Crippen LogP contribution in [0.1, 0.15) is 64.4 Å². The van der Waals surface area contributed by atoms with Crippen LogP contribution in [0.2, 0.25) is 0 Å². The van der Waals surface area contributed by atoms with Crippen molar-refractivity contribution in [2.24, 2.45) is 28.6 Å². The number of rotatable bonds is 2. The van der Waals surface area contributed by atoms with Crippen LogP contribution in [0.3, 0.4) is 0 Å². The molecule has 1 saturated heterocycles. The number of carbonyl (C=O) groups excluding carboxylic acids is 1. The van der Waals surface area contributed by atoms with E-state index in [1.807, 2.05) is 6.92 Å². The molecule has 12 atom stereocenters. The molecule has 2 heterocycles. The van der Waals surface area contributed by atoms with Crippen molar-refractivity contribution in [3.63, 3.8) is 0 Å². The van der Waals surface area contributed by atoms with Crippen molar-refractivity contribution in [2.45, 2.75) is 94.9 Å². The van der Waals surface area contributed by atoms with E-state index in [9.17, 15) is 24.9 Å². The smallest absolute Gasteiger partial charge is 0.335 e. The predicted octanol–water partition coefficient (Wildman–Crippen LogP) is 1.74. The van der Waals surface area contributed by atoms with Crippen LogP contribution >= 0.6 is 0 Å². The highest BCUT2D eigenvalue weighted by molar-refractivity contribution is 5.67. The van der Waals surface area contributed by atoms with Crippen molar-refractivity contribution in [2.75, 3.05) is 0 Å². The molecule has 1 aromatic rings. The molecule has 5 fully saturated rings. The molecular formula is C26H34O8. The van der Waals surface area contributed by atoms with Crippen LogP contribution in [0.25, 0.3) is 0 Å². The molecule has 0 radical (unpaired) electrons. The lowest BCUT2D eigenvalue weighted by Gasteiger charge is -2.63. The van der Waals surface area contributed by atoms with Crippen LogP contribution in [0.5, 0.6) is 0 Å².